The first kappa shape index (κ1) is 26.7. The number of anilines is 2. The van der Waals surface area contributed by atoms with Crippen LogP contribution in [-0.4, -0.2) is 63.1 Å². The van der Waals surface area contributed by atoms with Gasteiger partial charge in [0.1, 0.15) is 10.7 Å². The maximum Gasteiger partial charge on any atom is 0.339 e. The van der Waals surface area contributed by atoms with Gasteiger partial charge in [-0.15, -0.1) is 0 Å². The smallest absolute Gasteiger partial charge is 0.339 e. The van der Waals surface area contributed by atoms with Crippen LogP contribution < -0.4 is 14.9 Å². The second-order valence-corrected chi connectivity index (χ2v) is 11.2. The number of aromatic nitrogens is 3. The Kier molecular flexibility index (Phi) is 8.55. The highest BCUT2D eigenvalue weighted by molar-refractivity contribution is 7.89. The summed E-state index contributed by atoms with van der Waals surface area (Å²) in [6.07, 6.45) is 6.35. The lowest BCUT2D eigenvalue weighted by Gasteiger charge is -2.29. The van der Waals surface area contributed by atoms with E-state index >= 15 is 0 Å². The lowest BCUT2D eigenvalue weighted by molar-refractivity contribution is 0.0521. The van der Waals surface area contributed by atoms with Gasteiger partial charge >= 0.3 is 5.97 Å². The summed E-state index contributed by atoms with van der Waals surface area (Å²) in [7, 11) is 0.0557. The van der Waals surface area contributed by atoms with Crippen molar-refractivity contribution in [2.75, 3.05) is 44.0 Å². The van der Waals surface area contributed by atoms with Gasteiger partial charge in [-0.2, -0.15) is 4.98 Å². The highest BCUT2D eigenvalue weighted by atomic mass is 32.2. The minimum absolute atomic E-state index is 0.00698. The molecule has 2 aromatic heterocycles. The van der Waals surface area contributed by atoms with Crippen LogP contribution in [0.4, 0.5) is 11.8 Å². The second-order valence-electron chi connectivity index (χ2n) is 9.49. The quantitative estimate of drug-likeness (QED) is 0.382. The topological polar surface area (TPSA) is 126 Å². The Morgan fingerprint density at radius 1 is 1.05 bits per heavy atom. The number of fused-ring (bicyclic) bond motifs is 1. The summed E-state index contributed by atoms with van der Waals surface area (Å²) in [6, 6.07) is 9.34. The summed E-state index contributed by atoms with van der Waals surface area (Å²) in [5.41, 5.74) is 0.895. The van der Waals surface area contributed by atoms with E-state index in [4.69, 9.17) is 9.72 Å². The Morgan fingerprint density at radius 2 is 1.76 bits per heavy atom. The minimum atomic E-state index is -3.89. The van der Waals surface area contributed by atoms with Gasteiger partial charge in [0.05, 0.1) is 17.7 Å². The molecule has 0 spiro atoms. The molecule has 4 rings (SSSR count). The summed E-state index contributed by atoms with van der Waals surface area (Å²) in [5, 5.41) is 4.43. The molecule has 3 aromatic rings. The van der Waals surface area contributed by atoms with Crippen molar-refractivity contribution in [3.05, 3.63) is 48.3 Å². The molecule has 37 heavy (non-hydrogen) atoms. The molecule has 1 aliphatic carbocycles. The van der Waals surface area contributed by atoms with Crippen molar-refractivity contribution in [3.8, 4) is 0 Å². The number of sulfonamides is 1. The third kappa shape index (κ3) is 6.53. The Hall–Kier alpha value is -3.31. The molecule has 1 fully saturated rings. The molecule has 2 N–H and O–H groups in total. The van der Waals surface area contributed by atoms with Gasteiger partial charge in [0.25, 0.3) is 0 Å². The van der Waals surface area contributed by atoms with Gasteiger partial charge in [-0.1, -0.05) is 12.1 Å². The molecule has 1 saturated carbocycles. The average molecular weight is 527 g/mol. The predicted molar refractivity (Wildman–Crippen MR) is 143 cm³/mol. The van der Waals surface area contributed by atoms with Crippen molar-refractivity contribution in [2.24, 2.45) is 11.8 Å². The van der Waals surface area contributed by atoms with Crippen molar-refractivity contribution in [1.29, 1.82) is 0 Å². The highest BCUT2D eigenvalue weighted by Crippen LogP contribution is 2.30. The molecule has 1 aliphatic rings. The molecular formula is C26H34N6O4S. The SMILES string of the molecule is CCOC(=O)c1ccncc1S(=O)(=O)NC[C@H]1CC[C@H](CNc2nc(N(C)C)c3ccccc3n2)CC1. The van der Waals surface area contributed by atoms with E-state index < -0.39 is 16.0 Å². The number of pyridine rings is 1. The first-order valence-electron chi connectivity index (χ1n) is 12.6. The lowest BCUT2D eigenvalue weighted by Crippen LogP contribution is -2.33. The van der Waals surface area contributed by atoms with Crippen LogP contribution in [0.2, 0.25) is 0 Å². The standard InChI is InChI=1S/C26H34N6O4S/c1-4-36-25(33)21-13-14-27-17-23(21)37(34,35)29-16-19-11-9-18(10-12-19)15-28-26-30-22-8-6-5-7-20(22)24(31-26)32(2)3/h5-8,13-14,17-19,29H,4,9-12,15-16H2,1-3H3,(H,28,30,31)/t18-,19-. The van der Waals surface area contributed by atoms with Gasteiger partial charge in [0, 0.05) is 45.0 Å². The first-order valence-corrected chi connectivity index (χ1v) is 14.1. The number of carbonyl (C=O) groups excluding carboxylic acids is 1. The number of carbonyl (C=O) groups is 1. The number of para-hydroxylation sites is 1. The van der Waals surface area contributed by atoms with Crippen molar-refractivity contribution < 1.29 is 17.9 Å². The van der Waals surface area contributed by atoms with E-state index in [9.17, 15) is 13.2 Å². The second kappa shape index (κ2) is 11.8. The van der Waals surface area contributed by atoms with Gasteiger partial charge in [0.15, 0.2) is 0 Å². The number of nitrogens with one attached hydrogen (secondary N) is 2. The number of hydrogen-bond acceptors (Lipinski definition) is 9. The Labute approximate surface area is 217 Å². The van der Waals surface area contributed by atoms with Crippen molar-refractivity contribution in [1.82, 2.24) is 19.7 Å². The molecule has 10 nitrogen and oxygen atoms in total. The molecular weight excluding hydrogens is 492 g/mol. The number of rotatable bonds is 10. The summed E-state index contributed by atoms with van der Waals surface area (Å²) in [5.74, 6) is 1.51. The maximum atomic E-state index is 12.9. The fourth-order valence-corrected chi connectivity index (χ4v) is 5.88. The normalized spacial score (nSPS) is 17.9. The van der Waals surface area contributed by atoms with Gasteiger partial charge < -0.3 is 15.0 Å². The molecule has 0 unspecified atom stereocenters. The minimum Gasteiger partial charge on any atom is -0.462 e. The third-order valence-electron chi connectivity index (χ3n) is 6.65. The van der Waals surface area contributed by atoms with E-state index in [1.165, 1.54) is 18.5 Å². The van der Waals surface area contributed by atoms with E-state index in [1.807, 2.05) is 43.3 Å². The molecule has 0 radical (unpaired) electrons. The Bertz CT molecular complexity index is 1340. The summed E-state index contributed by atoms with van der Waals surface area (Å²) >= 11 is 0. The lowest BCUT2D eigenvalue weighted by atomic mass is 9.82. The molecule has 198 valence electrons. The van der Waals surface area contributed by atoms with Crippen molar-refractivity contribution in [2.45, 2.75) is 37.5 Å². The molecule has 0 bridgehead atoms. The van der Waals surface area contributed by atoms with E-state index in [0.29, 0.717) is 18.4 Å². The van der Waals surface area contributed by atoms with Crippen LogP contribution in [0.1, 0.15) is 43.0 Å². The zero-order chi connectivity index (χ0) is 26.4. The van der Waals surface area contributed by atoms with Crippen molar-refractivity contribution in [3.63, 3.8) is 0 Å². The van der Waals surface area contributed by atoms with Gasteiger partial charge in [0.2, 0.25) is 16.0 Å². The van der Waals surface area contributed by atoms with Crippen LogP contribution in [-0.2, 0) is 14.8 Å². The van der Waals surface area contributed by atoms with Gasteiger partial charge in [-0.05, 0) is 62.6 Å². The zero-order valence-electron chi connectivity index (χ0n) is 21.5. The molecule has 0 saturated heterocycles. The van der Waals surface area contributed by atoms with Crippen LogP contribution in [0.5, 0.6) is 0 Å². The molecule has 1 aromatic carbocycles. The third-order valence-corrected chi connectivity index (χ3v) is 8.10. The summed E-state index contributed by atoms with van der Waals surface area (Å²) < 4.78 is 33.5. The van der Waals surface area contributed by atoms with Crippen LogP contribution in [0.25, 0.3) is 10.9 Å². The van der Waals surface area contributed by atoms with Crippen molar-refractivity contribution >= 4 is 38.7 Å². The fourth-order valence-electron chi connectivity index (χ4n) is 4.63. The molecule has 11 heteroatoms. The first-order chi connectivity index (χ1) is 17.8. The monoisotopic (exact) mass is 526 g/mol. The van der Waals surface area contributed by atoms with E-state index in [0.717, 1.165) is 48.9 Å². The molecule has 2 heterocycles. The highest BCUT2D eigenvalue weighted by Gasteiger charge is 2.26. The Balaban J connectivity index is 1.30. The van der Waals surface area contributed by atoms with Gasteiger partial charge in [-0.25, -0.2) is 22.9 Å². The maximum absolute atomic E-state index is 12.9. The summed E-state index contributed by atoms with van der Waals surface area (Å²) in [4.78, 5) is 27.3. The van der Waals surface area contributed by atoms with E-state index in [-0.39, 0.29) is 23.0 Å². The number of nitrogens with zero attached hydrogens (tertiary/aromatic N) is 4. The number of ether oxygens (including phenoxy) is 1. The molecule has 0 amide bonds. The number of esters is 1. The van der Waals surface area contributed by atoms with E-state index in [1.54, 1.807) is 6.92 Å². The largest absolute Gasteiger partial charge is 0.462 e. The number of hydrogen-bond donors (Lipinski definition) is 2. The zero-order valence-corrected chi connectivity index (χ0v) is 22.3. The predicted octanol–water partition coefficient (Wildman–Crippen LogP) is 3.46. The van der Waals surface area contributed by atoms with E-state index in [2.05, 4.69) is 20.0 Å². The fraction of sp³-hybridized carbons (Fsp3) is 0.462. The van der Waals surface area contributed by atoms with Gasteiger partial charge in [-0.3, -0.25) is 4.98 Å². The number of benzene rings is 1. The van der Waals surface area contributed by atoms with Crippen LogP contribution >= 0.6 is 0 Å². The van der Waals surface area contributed by atoms with Crippen LogP contribution in [0.3, 0.4) is 0 Å². The van der Waals surface area contributed by atoms with Crippen LogP contribution in [0.15, 0.2) is 47.6 Å². The van der Waals surface area contributed by atoms with Crippen LogP contribution in [0, 0.1) is 11.8 Å². The summed E-state index contributed by atoms with van der Waals surface area (Å²) in [6.45, 7) is 2.92. The molecule has 0 atom stereocenters. The Morgan fingerprint density at radius 3 is 2.46 bits per heavy atom. The average Bonchev–Trinajstić information content (AvgIpc) is 2.91. The molecule has 0 aliphatic heterocycles.